The Kier molecular flexibility index (Phi) is 2.52. The van der Waals surface area contributed by atoms with E-state index in [0.29, 0.717) is 6.17 Å². The molecule has 0 bridgehead atoms. The third-order valence-electron chi connectivity index (χ3n) is 2.81. The molecule has 1 heterocycles. The van der Waals surface area contributed by atoms with E-state index < -0.39 is 0 Å². The second-order valence-corrected chi connectivity index (χ2v) is 3.89. The van der Waals surface area contributed by atoms with Gasteiger partial charge in [-0.15, -0.1) is 0 Å². The van der Waals surface area contributed by atoms with E-state index in [1.165, 1.54) is 12.1 Å². The first kappa shape index (κ1) is 9.62. The third-order valence-corrected chi connectivity index (χ3v) is 2.81. The lowest BCUT2D eigenvalue weighted by Crippen LogP contribution is -2.25. The van der Waals surface area contributed by atoms with Gasteiger partial charge in [0.05, 0.1) is 6.17 Å². The van der Waals surface area contributed by atoms with E-state index in [0.717, 1.165) is 18.7 Å². The summed E-state index contributed by atoms with van der Waals surface area (Å²) in [7, 11) is 4.19. The molecule has 1 aromatic carbocycles. The normalized spacial score (nSPS) is 20.5. The van der Waals surface area contributed by atoms with E-state index in [-0.39, 0.29) is 5.82 Å². The quantitative estimate of drug-likeness (QED) is 0.671. The predicted molar refractivity (Wildman–Crippen MR) is 54.4 cm³/mol. The Morgan fingerprint density at radius 2 is 1.57 bits per heavy atom. The van der Waals surface area contributed by atoms with E-state index in [2.05, 4.69) is 23.9 Å². The summed E-state index contributed by atoms with van der Waals surface area (Å²) >= 11 is 0. The number of hydrogen-bond donors (Lipinski definition) is 0. The minimum Gasteiger partial charge on any atom is -0.286 e. The van der Waals surface area contributed by atoms with Crippen molar-refractivity contribution < 1.29 is 4.39 Å². The highest BCUT2D eigenvalue weighted by Crippen LogP contribution is 2.26. The van der Waals surface area contributed by atoms with Crippen LogP contribution >= 0.6 is 0 Å². The van der Waals surface area contributed by atoms with Crippen molar-refractivity contribution in [3.05, 3.63) is 35.6 Å². The van der Waals surface area contributed by atoms with E-state index in [4.69, 9.17) is 0 Å². The fourth-order valence-corrected chi connectivity index (χ4v) is 2.04. The summed E-state index contributed by atoms with van der Waals surface area (Å²) in [5.74, 6) is -0.169. The molecule has 0 radical (unpaired) electrons. The molecular formula is C11H15FN2. The van der Waals surface area contributed by atoms with Crippen LogP contribution in [-0.4, -0.2) is 37.0 Å². The Morgan fingerprint density at radius 1 is 1.07 bits per heavy atom. The summed E-state index contributed by atoms with van der Waals surface area (Å²) in [5, 5.41) is 0. The van der Waals surface area contributed by atoms with Crippen molar-refractivity contribution >= 4 is 0 Å². The van der Waals surface area contributed by atoms with Gasteiger partial charge in [-0.05, 0) is 31.8 Å². The third kappa shape index (κ3) is 1.65. The van der Waals surface area contributed by atoms with Gasteiger partial charge in [0.25, 0.3) is 0 Å². The molecule has 2 rings (SSSR count). The minimum atomic E-state index is -0.169. The Morgan fingerprint density at radius 3 is 2.07 bits per heavy atom. The van der Waals surface area contributed by atoms with E-state index in [9.17, 15) is 4.39 Å². The molecule has 1 aliphatic rings. The zero-order valence-electron chi connectivity index (χ0n) is 8.57. The maximum absolute atomic E-state index is 12.7. The van der Waals surface area contributed by atoms with Crippen LogP contribution in [0, 0.1) is 5.82 Å². The van der Waals surface area contributed by atoms with Gasteiger partial charge in [-0.1, -0.05) is 12.1 Å². The molecular weight excluding hydrogens is 179 g/mol. The molecule has 14 heavy (non-hydrogen) atoms. The molecule has 1 aliphatic heterocycles. The number of halogens is 1. The fraction of sp³-hybridized carbons (Fsp3) is 0.455. The summed E-state index contributed by atoms with van der Waals surface area (Å²) < 4.78 is 12.7. The highest BCUT2D eigenvalue weighted by atomic mass is 19.1. The molecule has 1 aromatic rings. The van der Waals surface area contributed by atoms with Crippen molar-refractivity contribution in [1.29, 1.82) is 0 Å². The van der Waals surface area contributed by atoms with Crippen LogP contribution in [0.3, 0.4) is 0 Å². The van der Waals surface area contributed by atoms with Crippen LogP contribution in [0.25, 0.3) is 0 Å². The number of nitrogens with zero attached hydrogens (tertiary/aromatic N) is 2. The average molecular weight is 194 g/mol. The zero-order valence-corrected chi connectivity index (χ0v) is 8.57. The average Bonchev–Trinajstić information content (AvgIpc) is 2.49. The molecule has 0 spiro atoms. The predicted octanol–water partition coefficient (Wildman–Crippen LogP) is 1.70. The molecule has 0 aromatic heterocycles. The van der Waals surface area contributed by atoms with Crippen LogP contribution in [0.4, 0.5) is 4.39 Å². The second kappa shape index (κ2) is 3.67. The van der Waals surface area contributed by atoms with Gasteiger partial charge in [0.2, 0.25) is 0 Å². The van der Waals surface area contributed by atoms with Crippen LogP contribution in [0.5, 0.6) is 0 Å². The van der Waals surface area contributed by atoms with Gasteiger partial charge in [-0.25, -0.2) is 4.39 Å². The van der Waals surface area contributed by atoms with Crippen LogP contribution < -0.4 is 0 Å². The molecule has 0 amide bonds. The smallest absolute Gasteiger partial charge is 0.123 e. The van der Waals surface area contributed by atoms with Crippen molar-refractivity contribution in [2.75, 3.05) is 27.2 Å². The molecule has 3 heteroatoms. The van der Waals surface area contributed by atoms with Crippen molar-refractivity contribution in [2.45, 2.75) is 6.17 Å². The van der Waals surface area contributed by atoms with Crippen LogP contribution in [-0.2, 0) is 0 Å². The fourth-order valence-electron chi connectivity index (χ4n) is 2.04. The zero-order chi connectivity index (χ0) is 10.1. The second-order valence-electron chi connectivity index (χ2n) is 3.89. The van der Waals surface area contributed by atoms with Crippen LogP contribution in [0.1, 0.15) is 11.7 Å². The molecule has 0 atom stereocenters. The molecule has 1 saturated heterocycles. The summed E-state index contributed by atoms with van der Waals surface area (Å²) in [6.07, 6.45) is 0.301. The van der Waals surface area contributed by atoms with E-state index in [1.807, 2.05) is 12.1 Å². The number of benzene rings is 1. The van der Waals surface area contributed by atoms with Gasteiger partial charge < -0.3 is 0 Å². The summed E-state index contributed by atoms with van der Waals surface area (Å²) in [5.41, 5.74) is 1.16. The molecule has 2 nitrogen and oxygen atoms in total. The topological polar surface area (TPSA) is 6.48 Å². The molecule has 0 N–H and O–H groups in total. The first-order chi connectivity index (χ1) is 6.68. The maximum Gasteiger partial charge on any atom is 0.123 e. The highest BCUT2D eigenvalue weighted by molar-refractivity contribution is 5.20. The maximum atomic E-state index is 12.7. The van der Waals surface area contributed by atoms with Gasteiger partial charge >= 0.3 is 0 Å². The van der Waals surface area contributed by atoms with Crippen molar-refractivity contribution in [2.24, 2.45) is 0 Å². The number of likely N-dealkylation sites (N-methyl/N-ethyl adjacent to an activating group) is 2. The van der Waals surface area contributed by atoms with Gasteiger partial charge in [-0.2, -0.15) is 0 Å². The first-order valence-electron chi connectivity index (χ1n) is 4.84. The minimum absolute atomic E-state index is 0.169. The van der Waals surface area contributed by atoms with Gasteiger partial charge in [0.1, 0.15) is 5.82 Å². The summed E-state index contributed by atoms with van der Waals surface area (Å²) in [6, 6.07) is 6.77. The van der Waals surface area contributed by atoms with Crippen LogP contribution in [0.2, 0.25) is 0 Å². The standard InChI is InChI=1S/C11H15FN2/c1-13-7-8-14(2)11(13)9-3-5-10(12)6-4-9/h3-6,11H,7-8H2,1-2H3. The molecule has 0 aliphatic carbocycles. The monoisotopic (exact) mass is 194 g/mol. The van der Waals surface area contributed by atoms with Crippen molar-refractivity contribution in [3.63, 3.8) is 0 Å². The first-order valence-corrected chi connectivity index (χ1v) is 4.84. The van der Waals surface area contributed by atoms with Crippen molar-refractivity contribution in [3.8, 4) is 0 Å². The Balaban J connectivity index is 2.25. The Hall–Kier alpha value is -0.930. The lowest BCUT2D eigenvalue weighted by atomic mass is 10.1. The lowest BCUT2D eigenvalue weighted by molar-refractivity contribution is 0.190. The van der Waals surface area contributed by atoms with E-state index in [1.54, 1.807) is 0 Å². The van der Waals surface area contributed by atoms with Gasteiger partial charge in [0, 0.05) is 13.1 Å². The van der Waals surface area contributed by atoms with Gasteiger partial charge in [-0.3, -0.25) is 9.80 Å². The number of rotatable bonds is 1. The van der Waals surface area contributed by atoms with E-state index >= 15 is 0 Å². The van der Waals surface area contributed by atoms with Crippen molar-refractivity contribution in [1.82, 2.24) is 9.80 Å². The molecule has 0 unspecified atom stereocenters. The SMILES string of the molecule is CN1CCN(C)C1c1ccc(F)cc1. The highest BCUT2D eigenvalue weighted by Gasteiger charge is 2.27. The Labute approximate surface area is 83.9 Å². The number of hydrogen-bond acceptors (Lipinski definition) is 2. The molecule has 0 saturated carbocycles. The summed E-state index contributed by atoms with van der Waals surface area (Å²) in [6.45, 7) is 2.14. The lowest BCUT2D eigenvalue weighted by Gasteiger charge is -2.25. The Bertz CT molecular complexity index is 300. The molecule has 1 fully saturated rings. The summed E-state index contributed by atoms with van der Waals surface area (Å²) in [4.78, 5) is 4.54. The van der Waals surface area contributed by atoms with Gasteiger partial charge in [0.15, 0.2) is 0 Å². The molecule has 76 valence electrons. The van der Waals surface area contributed by atoms with Crippen LogP contribution in [0.15, 0.2) is 24.3 Å². The largest absolute Gasteiger partial charge is 0.286 e.